The summed E-state index contributed by atoms with van der Waals surface area (Å²) in [6.07, 6.45) is 0. The topological polar surface area (TPSA) is 83.7 Å². The third-order valence-corrected chi connectivity index (χ3v) is 3.14. The number of nitrogens with zero attached hydrogens (tertiary/aromatic N) is 2. The molecule has 0 saturated heterocycles. The van der Waals surface area contributed by atoms with E-state index >= 15 is 0 Å². The van der Waals surface area contributed by atoms with E-state index < -0.39 is 10.8 Å². The van der Waals surface area contributed by atoms with Gasteiger partial charge in [-0.3, -0.25) is 14.9 Å². The monoisotopic (exact) mass is 306 g/mol. The van der Waals surface area contributed by atoms with Gasteiger partial charge in [0.25, 0.3) is 11.6 Å². The van der Waals surface area contributed by atoms with Crippen molar-refractivity contribution in [2.45, 2.75) is 0 Å². The van der Waals surface area contributed by atoms with E-state index in [1.807, 2.05) is 0 Å². The number of carbonyl (C=O) groups is 1. The highest BCUT2D eigenvalue weighted by Crippen LogP contribution is 2.26. The van der Waals surface area contributed by atoms with Crippen LogP contribution in [-0.4, -0.2) is 23.0 Å². The van der Waals surface area contributed by atoms with Crippen molar-refractivity contribution in [1.29, 1.82) is 0 Å². The lowest BCUT2D eigenvalue weighted by molar-refractivity contribution is -0.385. The molecule has 0 fully saturated rings. The number of hydrogen-bond acceptors (Lipinski definition) is 4. The van der Waals surface area contributed by atoms with Crippen LogP contribution in [0.25, 0.3) is 0 Å². The van der Waals surface area contributed by atoms with Gasteiger partial charge in [-0.2, -0.15) is 0 Å². The van der Waals surface area contributed by atoms with Crippen molar-refractivity contribution in [3.63, 3.8) is 0 Å². The first-order chi connectivity index (χ1) is 9.90. The molecule has 2 rings (SSSR count). The van der Waals surface area contributed by atoms with Crippen LogP contribution >= 0.6 is 11.6 Å². The molecule has 21 heavy (non-hydrogen) atoms. The number of benzene rings is 2. The number of phenolic OH excluding ortho intramolecular Hbond substituents is 1. The van der Waals surface area contributed by atoms with Crippen LogP contribution in [0.15, 0.2) is 42.5 Å². The Labute approximate surface area is 125 Å². The Kier molecular flexibility index (Phi) is 4.09. The van der Waals surface area contributed by atoms with E-state index in [9.17, 15) is 20.0 Å². The summed E-state index contributed by atoms with van der Waals surface area (Å²) in [6.45, 7) is 0. The third-order valence-electron chi connectivity index (χ3n) is 2.91. The van der Waals surface area contributed by atoms with E-state index in [0.29, 0.717) is 5.69 Å². The quantitative estimate of drug-likeness (QED) is 0.697. The summed E-state index contributed by atoms with van der Waals surface area (Å²) in [5, 5.41) is 20.7. The normalized spacial score (nSPS) is 10.2. The lowest BCUT2D eigenvalue weighted by atomic mass is 10.1. The molecule has 0 atom stereocenters. The third kappa shape index (κ3) is 3.11. The van der Waals surface area contributed by atoms with Crippen molar-refractivity contribution in [2.75, 3.05) is 11.9 Å². The maximum Gasteiger partial charge on any atom is 0.282 e. The summed E-state index contributed by atoms with van der Waals surface area (Å²) in [5.74, 6) is -0.595. The Morgan fingerprint density at radius 3 is 2.62 bits per heavy atom. The molecule has 0 saturated carbocycles. The Morgan fingerprint density at radius 1 is 1.29 bits per heavy atom. The van der Waals surface area contributed by atoms with Gasteiger partial charge in [-0.05, 0) is 24.3 Å². The van der Waals surface area contributed by atoms with Crippen LogP contribution in [-0.2, 0) is 0 Å². The molecule has 0 aromatic heterocycles. The van der Waals surface area contributed by atoms with Crippen LogP contribution in [0.4, 0.5) is 11.4 Å². The molecule has 0 aliphatic rings. The number of hydrogen-bond donors (Lipinski definition) is 1. The molecule has 7 heteroatoms. The molecular weight excluding hydrogens is 296 g/mol. The summed E-state index contributed by atoms with van der Waals surface area (Å²) in [7, 11) is 1.46. The van der Waals surface area contributed by atoms with Crippen molar-refractivity contribution >= 4 is 28.9 Å². The molecule has 0 unspecified atom stereocenters. The van der Waals surface area contributed by atoms with Crippen molar-refractivity contribution in [2.24, 2.45) is 0 Å². The molecule has 1 N–H and O–H groups in total. The fraction of sp³-hybridized carbons (Fsp3) is 0.0714. The second-order valence-electron chi connectivity index (χ2n) is 4.30. The molecule has 0 aliphatic carbocycles. The first kappa shape index (κ1) is 14.8. The van der Waals surface area contributed by atoms with E-state index in [4.69, 9.17) is 11.6 Å². The van der Waals surface area contributed by atoms with Crippen LogP contribution in [0.3, 0.4) is 0 Å². The Balaban J connectivity index is 2.44. The molecule has 1 amide bonds. The molecule has 6 nitrogen and oxygen atoms in total. The van der Waals surface area contributed by atoms with Crippen molar-refractivity contribution in [3.05, 3.63) is 63.2 Å². The average molecular weight is 307 g/mol. The molecule has 2 aromatic carbocycles. The largest absolute Gasteiger partial charge is 0.508 e. The zero-order chi connectivity index (χ0) is 15.6. The van der Waals surface area contributed by atoms with Crippen LogP contribution in [0.2, 0.25) is 5.02 Å². The summed E-state index contributed by atoms with van der Waals surface area (Å²) in [4.78, 5) is 24.0. The molecular formula is C14H11ClN2O4. The maximum absolute atomic E-state index is 12.4. The lowest BCUT2D eigenvalue weighted by Gasteiger charge is -2.17. The number of nitro groups is 1. The molecule has 0 radical (unpaired) electrons. The van der Waals surface area contributed by atoms with Gasteiger partial charge in [0.05, 0.1) is 4.92 Å². The van der Waals surface area contributed by atoms with E-state index in [1.54, 1.807) is 12.1 Å². The Hall–Kier alpha value is -2.60. The Bertz CT molecular complexity index is 718. The van der Waals surface area contributed by atoms with Gasteiger partial charge in [-0.25, -0.2) is 0 Å². The van der Waals surface area contributed by atoms with E-state index in [-0.39, 0.29) is 22.0 Å². The van der Waals surface area contributed by atoms with Gasteiger partial charge in [0, 0.05) is 29.9 Å². The first-order valence-corrected chi connectivity index (χ1v) is 6.29. The number of aromatic hydroxyl groups is 1. The number of halogens is 1. The number of amides is 1. The number of phenols is 1. The van der Waals surface area contributed by atoms with Crippen molar-refractivity contribution < 1.29 is 14.8 Å². The highest BCUT2D eigenvalue weighted by atomic mass is 35.5. The molecule has 0 aliphatic heterocycles. The van der Waals surface area contributed by atoms with Crippen molar-refractivity contribution in [1.82, 2.24) is 0 Å². The molecule has 108 valence electrons. The summed E-state index contributed by atoms with van der Waals surface area (Å²) < 4.78 is 0. The van der Waals surface area contributed by atoms with Gasteiger partial charge >= 0.3 is 0 Å². The summed E-state index contributed by atoms with van der Waals surface area (Å²) in [5.41, 5.74) is -0.0241. The van der Waals surface area contributed by atoms with Gasteiger partial charge in [0.2, 0.25) is 0 Å². The maximum atomic E-state index is 12.4. The second-order valence-corrected chi connectivity index (χ2v) is 4.74. The zero-order valence-corrected chi connectivity index (χ0v) is 11.7. The number of anilines is 1. The summed E-state index contributed by atoms with van der Waals surface area (Å²) >= 11 is 5.81. The van der Waals surface area contributed by atoms with E-state index in [2.05, 4.69) is 0 Å². The van der Waals surface area contributed by atoms with Crippen LogP contribution in [0.5, 0.6) is 5.75 Å². The fourth-order valence-electron chi connectivity index (χ4n) is 1.84. The van der Waals surface area contributed by atoms with Crippen molar-refractivity contribution in [3.8, 4) is 5.75 Å². The Morgan fingerprint density at radius 2 is 2.00 bits per heavy atom. The van der Waals surface area contributed by atoms with E-state index in [0.717, 1.165) is 0 Å². The molecule has 0 spiro atoms. The van der Waals surface area contributed by atoms with Gasteiger partial charge in [0.1, 0.15) is 11.3 Å². The zero-order valence-electron chi connectivity index (χ0n) is 11.0. The minimum Gasteiger partial charge on any atom is -0.508 e. The molecule has 0 bridgehead atoms. The van der Waals surface area contributed by atoms with Gasteiger partial charge in [-0.1, -0.05) is 17.7 Å². The number of nitro benzene ring substituents is 1. The minimum atomic E-state index is -0.639. The fourth-order valence-corrected chi connectivity index (χ4v) is 2.01. The van der Waals surface area contributed by atoms with Gasteiger partial charge < -0.3 is 10.0 Å². The SMILES string of the molecule is CN(C(=O)c1cc(Cl)ccc1[N+](=O)[O-])c1cccc(O)c1. The molecule has 2 aromatic rings. The van der Waals surface area contributed by atoms with Gasteiger partial charge in [0.15, 0.2) is 0 Å². The average Bonchev–Trinajstić information content (AvgIpc) is 2.45. The highest BCUT2D eigenvalue weighted by Gasteiger charge is 2.24. The first-order valence-electron chi connectivity index (χ1n) is 5.91. The van der Waals surface area contributed by atoms with Crippen LogP contribution in [0.1, 0.15) is 10.4 Å². The standard InChI is InChI=1S/C14H11ClN2O4/c1-16(10-3-2-4-11(18)8-10)14(19)12-7-9(15)5-6-13(12)17(20)21/h2-8,18H,1H3. The van der Waals surface area contributed by atoms with E-state index in [1.165, 1.54) is 42.3 Å². The van der Waals surface area contributed by atoms with Crippen LogP contribution in [0, 0.1) is 10.1 Å². The predicted octanol–water partition coefficient (Wildman–Crippen LogP) is 3.23. The van der Waals surface area contributed by atoms with Crippen LogP contribution < -0.4 is 4.90 Å². The number of carbonyl (C=O) groups excluding carboxylic acids is 1. The predicted molar refractivity (Wildman–Crippen MR) is 78.9 cm³/mol. The second kappa shape index (κ2) is 5.80. The van der Waals surface area contributed by atoms with Gasteiger partial charge in [-0.15, -0.1) is 0 Å². The summed E-state index contributed by atoms with van der Waals surface area (Å²) in [6, 6.07) is 9.81. The smallest absolute Gasteiger partial charge is 0.282 e. The number of rotatable bonds is 3. The highest BCUT2D eigenvalue weighted by molar-refractivity contribution is 6.31. The minimum absolute atomic E-state index is 0.00672. The lowest BCUT2D eigenvalue weighted by Crippen LogP contribution is -2.26. The molecule has 0 heterocycles.